The van der Waals surface area contributed by atoms with Crippen molar-refractivity contribution in [3.63, 3.8) is 0 Å². The van der Waals surface area contributed by atoms with Gasteiger partial charge in [0.25, 0.3) is 0 Å². The van der Waals surface area contributed by atoms with Gasteiger partial charge in [-0.15, -0.1) is 0 Å². The second-order valence-electron chi connectivity index (χ2n) is 7.78. The number of fused-ring (bicyclic) bond motifs is 6. The Morgan fingerprint density at radius 2 is 1.50 bits per heavy atom. The number of ether oxygens (including phenoxy) is 2. The highest BCUT2D eigenvalue weighted by atomic mass is 16.6. The molecular weight excluding hydrogens is 398 g/mol. The second kappa shape index (κ2) is 7.13. The summed E-state index contributed by atoms with van der Waals surface area (Å²) >= 11 is 0. The molecule has 32 heavy (non-hydrogen) atoms. The molecule has 4 nitrogen and oxygen atoms in total. The third-order valence-electron chi connectivity index (χ3n) is 5.79. The number of esters is 1. The SMILES string of the molecule is CC(=O)OC1=C(c2cccc3ccccc23)Oc2c(ccc3ccccc23)-n2cccc21. The lowest BCUT2D eigenvalue weighted by atomic mass is 10.0. The molecule has 2 heterocycles. The van der Waals surface area contributed by atoms with Crippen LogP contribution in [0.15, 0.2) is 97.2 Å². The normalized spacial score (nSPS) is 12.8. The van der Waals surface area contributed by atoms with E-state index in [1.807, 2.05) is 65.4 Å². The molecule has 0 aliphatic carbocycles. The molecule has 0 fully saturated rings. The standard InChI is InChI=1S/C28H19NO3/c1-18(30)31-28-24-14-7-17-29(24)25-16-15-20-9-3-5-12-22(20)26(25)32-27(28)23-13-6-10-19-8-2-4-11-21(19)23/h2-17H,1H3. The zero-order valence-electron chi connectivity index (χ0n) is 17.4. The largest absolute Gasteiger partial charge is 0.450 e. The zero-order valence-corrected chi connectivity index (χ0v) is 17.4. The molecule has 0 amide bonds. The van der Waals surface area contributed by atoms with Gasteiger partial charge in [-0.05, 0) is 34.4 Å². The first-order chi connectivity index (χ1) is 15.7. The molecule has 5 aromatic rings. The van der Waals surface area contributed by atoms with Crippen LogP contribution >= 0.6 is 0 Å². The number of hydrogen-bond acceptors (Lipinski definition) is 3. The van der Waals surface area contributed by atoms with E-state index < -0.39 is 5.97 Å². The molecule has 0 saturated heterocycles. The highest BCUT2D eigenvalue weighted by molar-refractivity contribution is 6.02. The molecule has 1 aliphatic rings. The van der Waals surface area contributed by atoms with Crippen molar-refractivity contribution in [2.75, 3.05) is 0 Å². The molecule has 0 spiro atoms. The Labute approximate surface area is 184 Å². The molecule has 1 aliphatic heterocycles. The fourth-order valence-corrected chi connectivity index (χ4v) is 4.41. The first-order valence-corrected chi connectivity index (χ1v) is 10.5. The van der Waals surface area contributed by atoms with Crippen molar-refractivity contribution in [2.45, 2.75) is 6.92 Å². The number of nitrogens with zero attached hydrogens (tertiary/aromatic N) is 1. The topological polar surface area (TPSA) is 40.5 Å². The van der Waals surface area contributed by atoms with Gasteiger partial charge in [0.15, 0.2) is 17.3 Å². The molecule has 0 unspecified atom stereocenters. The van der Waals surface area contributed by atoms with Crippen LogP contribution in [0.1, 0.15) is 18.2 Å². The molecule has 1 aromatic heterocycles. The highest BCUT2D eigenvalue weighted by Crippen LogP contribution is 2.43. The number of rotatable bonds is 2. The second-order valence-corrected chi connectivity index (χ2v) is 7.78. The Balaban J connectivity index is 1.73. The Kier molecular flexibility index (Phi) is 4.12. The van der Waals surface area contributed by atoms with Crippen LogP contribution in [0, 0.1) is 0 Å². The van der Waals surface area contributed by atoms with Crippen molar-refractivity contribution in [1.82, 2.24) is 4.57 Å². The third kappa shape index (κ3) is 2.81. The van der Waals surface area contributed by atoms with Crippen LogP contribution in [0.2, 0.25) is 0 Å². The van der Waals surface area contributed by atoms with Gasteiger partial charge in [0.2, 0.25) is 0 Å². The summed E-state index contributed by atoms with van der Waals surface area (Å²) in [7, 11) is 0. The maximum atomic E-state index is 12.2. The maximum Gasteiger partial charge on any atom is 0.308 e. The van der Waals surface area contributed by atoms with E-state index in [9.17, 15) is 4.79 Å². The Hall–Kier alpha value is -4.31. The first kappa shape index (κ1) is 18.5. The van der Waals surface area contributed by atoms with Crippen molar-refractivity contribution >= 4 is 39.0 Å². The van der Waals surface area contributed by atoms with Crippen molar-refractivity contribution in [1.29, 1.82) is 0 Å². The van der Waals surface area contributed by atoms with Gasteiger partial charge in [-0.2, -0.15) is 0 Å². The minimum atomic E-state index is -0.398. The summed E-state index contributed by atoms with van der Waals surface area (Å²) in [6, 6.07) is 30.3. The lowest BCUT2D eigenvalue weighted by Crippen LogP contribution is -2.06. The van der Waals surface area contributed by atoms with Gasteiger partial charge in [-0.25, -0.2) is 0 Å². The Morgan fingerprint density at radius 3 is 2.31 bits per heavy atom. The van der Waals surface area contributed by atoms with Crippen LogP contribution in [-0.2, 0) is 9.53 Å². The third-order valence-corrected chi connectivity index (χ3v) is 5.79. The molecule has 4 aromatic carbocycles. The maximum absolute atomic E-state index is 12.2. The van der Waals surface area contributed by atoms with E-state index in [2.05, 4.69) is 36.4 Å². The molecule has 0 atom stereocenters. The van der Waals surface area contributed by atoms with E-state index in [-0.39, 0.29) is 0 Å². The fourth-order valence-electron chi connectivity index (χ4n) is 4.41. The van der Waals surface area contributed by atoms with Gasteiger partial charge in [-0.3, -0.25) is 4.79 Å². The van der Waals surface area contributed by atoms with Crippen LogP contribution in [-0.4, -0.2) is 10.5 Å². The quantitative estimate of drug-likeness (QED) is 0.305. The average molecular weight is 417 g/mol. The molecule has 6 rings (SSSR count). The molecule has 154 valence electrons. The lowest BCUT2D eigenvalue weighted by molar-refractivity contribution is -0.134. The number of benzene rings is 4. The highest BCUT2D eigenvalue weighted by Gasteiger charge is 2.28. The minimum Gasteiger partial charge on any atom is -0.450 e. The summed E-state index contributed by atoms with van der Waals surface area (Å²) in [5.74, 6) is 1.25. The molecule has 0 saturated carbocycles. The van der Waals surface area contributed by atoms with Crippen LogP contribution in [0.3, 0.4) is 0 Å². The summed E-state index contributed by atoms with van der Waals surface area (Å²) in [5.41, 5.74) is 2.52. The van der Waals surface area contributed by atoms with Crippen LogP contribution in [0.4, 0.5) is 0 Å². The summed E-state index contributed by atoms with van der Waals surface area (Å²) in [6.45, 7) is 1.41. The van der Waals surface area contributed by atoms with E-state index in [0.717, 1.165) is 44.2 Å². The van der Waals surface area contributed by atoms with Crippen molar-refractivity contribution in [3.05, 3.63) is 108 Å². The minimum absolute atomic E-state index is 0.398. The monoisotopic (exact) mass is 417 g/mol. The number of carbonyl (C=O) groups is 1. The van der Waals surface area contributed by atoms with Crippen molar-refractivity contribution in [3.8, 4) is 11.4 Å². The number of carbonyl (C=O) groups excluding carboxylic acids is 1. The predicted molar refractivity (Wildman–Crippen MR) is 126 cm³/mol. The van der Waals surface area contributed by atoms with Crippen LogP contribution < -0.4 is 4.74 Å². The number of hydrogen-bond donors (Lipinski definition) is 0. The van der Waals surface area contributed by atoms with Crippen LogP contribution in [0.25, 0.3) is 38.8 Å². The molecule has 0 bridgehead atoms. The predicted octanol–water partition coefficient (Wildman–Crippen LogP) is 6.57. The average Bonchev–Trinajstić information content (AvgIpc) is 3.26. The molecule has 0 N–H and O–H groups in total. The Morgan fingerprint density at radius 1 is 0.781 bits per heavy atom. The van der Waals surface area contributed by atoms with Crippen molar-refractivity contribution < 1.29 is 14.3 Å². The zero-order chi connectivity index (χ0) is 21.7. The lowest BCUT2D eigenvalue weighted by Gasteiger charge is -2.16. The van der Waals surface area contributed by atoms with E-state index in [4.69, 9.17) is 9.47 Å². The smallest absolute Gasteiger partial charge is 0.308 e. The van der Waals surface area contributed by atoms with Gasteiger partial charge < -0.3 is 14.0 Å². The van der Waals surface area contributed by atoms with E-state index in [1.54, 1.807) is 0 Å². The molecular formula is C28H19NO3. The fraction of sp³-hybridized carbons (Fsp3) is 0.0357. The Bertz CT molecular complexity index is 1550. The molecule has 0 radical (unpaired) electrons. The summed E-state index contributed by atoms with van der Waals surface area (Å²) in [4.78, 5) is 12.2. The first-order valence-electron chi connectivity index (χ1n) is 10.5. The summed E-state index contributed by atoms with van der Waals surface area (Å²) in [6.07, 6.45) is 1.96. The van der Waals surface area contributed by atoms with Gasteiger partial charge >= 0.3 is 5.97 Å². The van der Waals surface area contributed by atoms with Gasteiger partial charge in [0, 0.05) is 24.1 Å². The van der Waals surface area contributed by atoms with E-state index in [0.29, 0.717) is 11.5 Å². The van der Waals surface area contributed by atoms with Gasteiger partial charge in [-0.1, -0.05) is 72.8 Å². The van der Waals surface area contributed by atoms with E-state index >= 15 is 0 Å². The summed E-state index contributed by atoms with van der Waals surface area (Å²) < 4.78 is 14.5. The van der Waals surface area contributed by atoms with Crippen LogP contribution in [0.5, 0.6) is 5.75 Å². The van der Waals surface area contributed by atoms with Gasteiger partial charge in [0.05, 0.1) is 11.4 Å². The van der Waals surface area contributed by atoms with Gasteiger partial charge in [0.1, 0.15) is 0 Å². The van der Waals surface area contributed by atoms with Crippen molar-refractivity contribution in [2.24, 2.45) is 0 Å². The summed E-state index contributed by atoms with van der Waals surface area (Å²) in [5, 5.41) is 4.18. The molecule has 4 heteroatoms. The number of aromatic nitrogens is 1. The van der Waals surface area contributed by atoms with E-state index in [1.165, 1.54) is 6.92 Å².